The van der Waals surface area contributed by atoms with E-state index in [0.717, 1.165) is 26.2 Å². The Balaban J connectivity index is 1.77. The standard InChI is InChI=1S/C20H27N3O2S/c1-15(21-20(24)16-7-4-5-8-17(16)25-3)19(18-9-6-14-26-18)23-12-10-22(2)11-13-23/h4-9,14-15,19H,10-13H2,1-3H3,(H,21,24)/t15-,19-/m0/s1. The Morgan fingerprint density at radius 3 is 2.54 bits per heavy atom. The molecule has 1 aromatic carbocycles. The van der Waals surface area contributed by atoms with Gasteiger partial charge in [-0.1, -0.05) is 18.2 Å². The lowest BCUT2D eigenvalue weighted by atomic mass is 10.0. The minimum absolute atomic E-state index is 0.00512. The smallest absolute Gasteiger partial charge is 0.255 e. The number of nitrogens with zero attached hydrogens (tertiary/aromatic N) is 2. The lowest BCUT2D eigenvalue weighted by molar-refractivity contribution is 0.0797. The van der Waals surface area contributed by atoms with Gasteiger partial charge >= 0.3 is 0 Å². The third kappa shape index (κ3) is 4.26. The van der Waals surface area contributed by atoms with Crippen LogP contribution in [0.1, 0.15) is 28.2 Å². The average Bonchev–Trinajstić information content (AvgIpc) is 3.17. The lowest BCUT2D eigenvalue weighted by Gasteiger charge is -2.40. The quantitative estimate of drug-likeness (QED) is 0.846. The number of amides is 1. The molecule has 140 valence electrons. The molecular formula is C20H27N3O2S. The molecule has 2 aromatic rings. The Labute approximate surface area is 159 Å². The highest BCUT2D eigenvalue weighted by Gasteiger charge is 2.30. The minimum Gasteiger partial charge on any atom is -0.496 e. The summed E-state index contributed by atoms with van der Waals surface area (Å²) in [4.78, 5) is 19.0. The van der Waals surface area contributed by atoms with Gasteiger partial charge in [-0.05, 0) is 37.6 Å². The van der Waals surface area contributed by atoms with Crippen LogP contribution in [0.15, 0.2) is 41.8 Å². The zero-order chi connectivity index (χ0) is 18.5. The molecule has 0 unspecified atom stereocenters. The van der Waals surface area contributed by atoms with Gasteiger partial charge in [0.05, 0.1) is 18.7 Å². The van der Waals surface area contributed by atoms with Crippen molar-refractivity contribution < 1.29 is 9.53 Å². The van der Waals surface area contributed by atoms with Crippen LogP contribution in [-0.2, 0) is 0 Å². The molecule has 0 saturated carbocycles. The number of rotatable bonds is 6. The second-order valence-electron chi connectivity index (χ2n) is 6.76. The highest BCUT2D eigenvalue weighted by molar-refractivity contribution is 7.10. The van der Waals surface area contributed by atoms with Gasteiger partial charge < -0.3 is 15.0 Å². The number of piperazine rings is 1. The van der Waals surface area contributed by atoms with E-state index < -0.39 is 0 Å². The van der Waals surface area contributed by atoms with Crippen LogP contribution >= 0.6 is 11.3 Å². The predicted octanol–water partition coefficient (Wildman–Crippen LogP) is 2.86. The summed E-state index contributed by atoms with van der Waals surface area (Å²) in [5.41, 5.74) is 0.574. The first-order valence-electron chi connectivity index (χ1n) is 9.00. The molecule has 1 saturated heterocycles. The van der Waals surface area contributed by atoms with Gasteiger partial charge in [-0.3, -0.25) is 9.69 Å². The highest BCUT2D eigenvalue weighted by atomic mass is 32.1. The van der Waals surface area contributed by atoms with Crippen molar-refractivity contribution in [1.29, 1.82) is 0 Å². The lowest BCUT2D eigenvalue weighted by Crippen LogP contribution is -2.51. The van der Waals surface area contributed by atoms with E-state index in [1.807, 2.05) is 18.2 Å². The van der Waals surface area contributed by atoms with E-state index in [0.29, 0.717) is 11.3 Å². The van der Waals surface area contributed by atoms with Gasteiger partial charge in [0.2, 0.25) is 0 Å². The van der Waals surface area contributed by atoms with Crippen LogP contribution in [0.5, 0.6) is 5.75 Å². The highest BCUT2D eigenvalue weighted by Crippen LogP contribution is 2.29. The van der Waals surface area contributed by atoms with Crippen molar-refractivity contribution in [3.05, 3.63) is 52.2 Å². The molecule has 0 radical (unpaired) electrons. The fourth-order valence-electron chi connectivity index (χ4n) is 3.50. The van der Waals surface area contributed by atoms with Gasteiger partial charge in [-0.25, -0.2) is 0 Å². The third-order valence-electron chi connectivity index (χ3n) is 4.95. The van der Waals surface area contributed by atoms with Gasteiger partial charge in [-0.15, -0.1) is 11.3 Å². The molecule has 3 rings (SSSR count). The average molecular weight is 374 g/mol. The van der Waals surface area contributed by atoms with E-state index in [-0.39, 0.29) is 18.0 Å². The number of ether oxygens (including phenoxy) is 1. The monoisotopic (exact) mass is 373 g/mol. The first-order valence-corrected chi connectivity index (χ1v) is 9.88. The summed E-state index contributed by atoms with van der Waals surface area (Å²) in [6.07, 6.45) is 0. The molecule has 0 bridgehead atoms. The second kappa shape index (κ2) is 8.66. The van der Waals surface area contributed by atoms with Crippen molar-refractivity contribution in [3.63, 3.8) is 0 Å². The fourth-order valence-corrected chi connectivity index (χ4v) is 4.46. The van der Waals surface area contributed by atoms with Crippen molar-refractivity contribution in [1.82, 2.24) is 15.1 Å². The van der Waals surface area contributed by atoms with Crippen LogP contribution in [0.3, 0.4) is 0 Å². The van der Waals surface area contributed by atoms with Crippen molar-refractivity contribution in [2.75, 3.05) is 40.3 Å². The molecule has 0 aliphatic carbocycles. The van der Waals surface area contributed by atoms with E-state index in [2.05, 4.69) is 46.6 Å². The van der Waals surface area contributed by atoms with Gasteiger partial charge in [0, 0.05) is 37.1 Å². The molecule has 1 fully saturated rings. The van der Waals surface area contributed by atoms with E-state index in [1.54, 1.807) is 24.5 Å². The molecule has 5 nitrogen and oxygen atoms in total. The maximum atomic E-state index is 12.8. The maximum Gasteiger partial charge on any atom is 0.255 e. The van der Waals surface area contributed by atoms with Gasteiger partial charge in [0.1, 0.15) is 5.75 Å². The van der Waals surface area contributed by atoms with E-state index in [1.165, 1.54) is 4.88 Å². The Hall–Kier alpha value is -1.89. The first-order chi connectivity index (χ1) is 12.6. The third-order valence-corrected chi connectivity index (χ3v) is 5.89. The normalized spacial score (nSPS) is 18.3. The topological polar surface area (TPSA) is 44.8 Å². The van der Waals surface area contributed by atoms with Crippen LogP contribution in [0.4, 0.5) is 0 Å². The SMILES string of the molecule is COc1ccccc1C(=O)N[C@@H](C)[C@@H](c1cccs1)N1CCN(C)CC1. The van der Waals surface area contributed by atoms with Crippen molar-refractivity contribution in [3.8, 4) is 5.75 Å². The molecule has 0 spiro atoms. The number of para-hydroxylation sites is 1. The number of hydrogen-bond acceptors (Lipinski definition) is 5. The van der Waals surface area contributed by atoms with Crippen LogP contribution in [0, 0.1) is 0 Å². The van der Waals surface area contributed by atoms with Gasteiger partial charge in [0.15, 0.2) is 0 Å². The van der Waals surface area contributed by atoms with Gasteiger partial charge in [0.25, 0.3) is 5.91 Å². The molecule has 1 aromatic heterocycles. The maximum absolute atomic E-state index is 12.8. The first kappa shape index (κ1) is 18.9. The number of carbonyl (C=O) groups excluding carboxylic acids is 1. The summed E-state index contributed by atoms with van der Waals surface area (Å²) in [5, 5.41) is 5.30. The number of hydrogen-bond donors (Lipinski definition) is 1. The largest absolute Gasteiger partial charge is 0.496 e. The number of likely N-dealkylation sites (N-methyl/N-ethyl adjacent to an activating group) is 1. The molecule has 2 atom stereocenters. The summed E-state index contributed by atoms with van der Waals surface area (Å²) in [5.74, 6) is 0.509. The Bertz CT molecular complexity index is 712. The second-order valence-corrected chi connectivity index (χ2v) is 7.74. The molecule has 6 heteroatoms. The van der Waals surface area contributed by atoms with Crippen molar-refractivity contribution in [2.24, 2.45) is 0 Å². The minimum atomic E-state index is -0.0920. The van der Waals surface area contributed by atoms with E-state index in [4.69, 9.17) is 4.74 Å². The summed E-state index contributed by atoms with van der Waals surface area (Å²) < 4.78 is 5.33. The van der Waals surface area contributed by atoms with Crippen LogP contribution in [0.25, 0.3) is 0 Å². The zero-order valence-corrected chi connectivity index (χ0v) is 16.5. The number of benzene rings is 1. The Morgan fingerprint density at radius 2 is 1.88 bits per heavy atom. The van der Waals surface area contributed by atoms with Crippen LogP contribution < -0.4 is 10.1 Å². The van der Waals surface area contributed by atoms with Gasteiger partial charge in [-0.2, -0.15) is 0 Å². The Morgan fingerprint density at radius 1 is 1.15 bits per heavy atom. The predicted molar refractivity (Wildman–Crippen MR) is 106 cm³/mol. The molecule has 1 aliphatic heterocycles. The molecule has 1 N–H and O–H groups in total. The van der Waals surface area contributed by atoms with E-state index in [9.17, 15) is 4.79 Å². The molecular weight excluding hydrogens is 346 g/mol. The van der Waals surface area contributed by atoms with Crippen LogP contribution in [-0.4, -0.2) is 62.1 Å². The van der Waals surface area contributed by atoms with E-state index >= 15 is 0 Å². The molecule has 1 aliphatic rings. The number of thiophene rings is 1. The molecule has 26 heavy (non-hydrogen) atoms. The zero-order valence-electron chi connectivity index (χ0n) is 15.6. The molecule has 2 heterocycles. The Kier molecular flexibility index (Phi) is 6.29. The summed E-state index contributed by atoms with van der Waals surface area (Å²) in [6, 6.07) is 11.8. The summed E-state index contributed by atoms with van der Waals surface area (Å²) in [6.45, 7) is 6.21. The molecule has 1 amide bonds. The van der Waals surface area contributed by atoms with Crippen molar-refractivity contribution in [2.45, 2.75) is 19.0 Å². The summed E-state index contributed by atoms with van der Waals surface area (Å²) in [7, 11) is 3.75. The fraction of sp³-hybridized carbons (Fsp3) is 0.450. The van der Waals surface area contributed by atoms with Crippen LogP contribution in [0.2, 0.25) is 0 Å². The number of nitrogens with one attached hydrogen (secondary N) is 1. The summed E-state index contributed by atoms with van der Waals surface area (Å²) >= 11 is 1.75. The van der Waals surface area contributed by atoms with Crippen molar-refractivity contribution >= 4 is 17.2 Å². The number of methoxy groups -OCH3 is 1. The number of carbonyl (C=O) groups is 1.